The monoisotopic (exact) mass is 250 g/mol. The van der Waals surface area contributed by atoms with Gasteiger partial charge >= 0.3 is 0 Å². The van der Waals surface area contributed by atoms with Gasteiger partial charge in [-0.2, -0.15) is 0 Å². The number of anilines is 1. The van der Waals surface area contributed by atoms with Gasteiger partial charge in [0, 0.05) is 49.8 Å². The van der Waals surface area contributed by atoms with Gasteiger partial charge in [-0.1, -0.05) is 13.8 Å². The molecule has 1 heterocycles. The predicted octanol–water partition coefficient (Wildman–Crippen LogP) is 1.56. The molecule has 0 aromatic carbocycles. The molecule has 0 bridgehead atoms. The van der Waals surface area contributed by atoms with Crippen LogP contribution in [-0.4, -0.2) is 43.6 Å². The van der Waals surface area contributed by atoms with Crippen LogP contribution in [-0.2, 0) is 6.54 Å². The summed E-state index contributed by atoms with van der Waals surface area (Å²) in [5.41, 5.74) is 8.15. The lowest BCUT2D eigenvalue weighted by Gasteiger charge is -2.29. The molecule has 4 heteroatoms. The van der Waals surface area contributed by atoms with E-state index < -0.39 is 0 Å². The molecule has 0 unspecified atom stereocenters. The molecule has 0 aliphatic carbocycles. The molecule has 0 fully saturated rings. The van der Waals surface area contributed by atoms with Crippen molar-refractivity contribution >= 4 is 5.69 Å². The van der Waals surface area contributed by atoms with E-state index in [0.717, 1.165) is 25.2 Å². The summed E-state index contributed by atoms with van der Waals surface area (Å²) < 4.78 is 0. The Hall–Kier alpha value is -1.13. The summed E-state index contributed by atoms with van der Waals surface area (Å²) in [6.45, 7) is 8.13. The fourth-order valence-electron chi connectivity index (χ4n) is 1.96. The predicted molar refractivity (Wildman–Crippen MR) is 77.7 cm³/mol. The maximum Gasteiger partial charge on any atom is 0.0443 e. The van der Waals surface area contributed by atoms with E-state index in [1.165, 1.54) is 5.69 Å². The molecule has 1 aromatic heterocycles. The first-order chi connectivity index (χ1) is 8.54. The van der Waals surface area contributed by atoms with Crippen LogP contribution >= 0.6 is 0 Å². The second-order valence-electron chi connectivity index (χ2n) is 5.35. The molecule has 0 saturated carbocycles. The van der Waals surface area contributed by atoms with Gasteiger partial charge in [0.25, 0.3) is 0 Å². The molecular weight excluding hydrogens is 224 g/mol. The summed E-state index contributed by atoms with van der Waals surface area (Å²) >= 11 is 0. The van der Waals surface area contributed by atoms with Crippen molar-refractivity contribution in [2.75, 3.05) is 38.6 Å². The summed E-state index contributed by atoms with van der Waals surface area (Å²) in [5, 5.41) is 0. The van der Waals surface area contributed by atoms with Gasteiger partial charge in [-0.05, 0) is 26.1 Å². The van der Waals surface area contributed by atoms with Gasteiger partial charge in [0.05, 0.1) is 0 Å². The molecule has 0 radical (unpaired) electrons. The molecular formula is C14H26N4. The number of rotatable bonds is 7. The number of likely N-dealkylation sites (N-methyl/N-ethyl adjacent to an activating group) is 1. The van der Waals surface area contributed by atoms with E-state index in [-0.39, 0.29) is 0 Å². The third-order valence-corrected chi connectivity index (χ3v) is 2.84. The Kier molecular flexibility index (Phi) is 6.09. The Bertz CT molecular complexity index is 349. The zero-order valence-corrected chi connectivity index (χ0v) is 12.1. The van der Waals surface area contributed by atoms with Crippen molar-refractivity contribution in [2.45, 2.75) is 20.4 Å². The smallest absolute Gasteiger partial charge is 0.0443 e. The van der Waals surface area contributed by atoms with Crippen molar-refractivity contribution in [1.29, 1.82) is 0 Å². The fourth-order valence-corrected chi connectivity index (χ4v) is 1.96. The van der Waals surface area contributed by atoms with E-state index in [0.29, 0.717) is 12.5 Å². The minimum atomic E-state index is 0.541. The zero-order valence-electron chi connectivity index (χ0n) is 12.1. The third-order valence-electron chi connectivity index (χ3n) is 2.84. The second-order valence-corrected chi connectivity index (χ2v) is 5.35. The Balaban J connectivity index is 2.86. The normalized spacial score (nSPS) is 11.3. The van der Waals surface area contributed by atoms with Gasteiger partial charge in [0.15, 0.2) is 0 Å². The average Bonchev–Trinajstić information content (AvgIpc) is 2.33. The highest BCUT2D eigenvalue weighted by Crippen LogP contribution is 2.20. The fraction of sp³-hybridized carbons (Fsp3) is 0.643. The lowest BCUT2D eigenvalue weighted by molar-refractivity contribution is 0.409. The van der Waals surface area contributed by atoms with E-state index in [9.17, 15) is 0 Å². The maximum atomic E-state index is 5.80. The zero-order chi connectivity index (χ0) is 13.5. The molecule has 2 N–H and O–H groups in total. The van der Waals surface area contributed by atoms with E-state index in [4.69, 9.17) is 5.73 Å². The summed E-state index contributed by atoms with van der Waals surface area (Å²) in [5.74, 6) is 0.631. The number of hydrogen-bond donors (Lipinski definition) is 1. The highest BCUT2D eigenvalue weighted by molar-refractivity contribution is 5.52. The van der Waals surface area contributed by atoms with E-state index in [1.807, 2.05) is 12.4 Å². The SMILES string of the molecule is CC(C)CN(CCN(C)C)c1ccncc1CN. The molecule has 1 rings (SSSR count). The standard InChI is InChI=1S/C14H26N4/c1-12(2)11-18(8-7-17(3)4)14-5-6-16-10-13(14)9-15/h5-6,10,12H,7-9,11,15H2,1-4H3. The van der Waals surface area contributed by atoms with Crippen molar-refractivity contribution in [3.05, 3.63) is 24.0 Å². The number of aromatic nitrogens is 1. The van der Waals surface area contributed by atoms with Gasteiger partial charge < -0.3 is 15.5 Å². The average molecular weight is 250 g/mol. The topological polar surface area (TPSA) is 45.4 Å². The van der Waals surface area contributed by atoms with Gasteiger partial charge in [-0.25, -0.2) is 0 Å². The quantitative estimate of drug-likeness (QED) is 0.798. The molecule has 0 aliphatic rings. The van der Waals surface area contributed by atoms with Crippen molar-refractivity contribution in [1.82, 2.24) is 9.88 Å². The number of nitrogens with zero attached hydrogens (tertiary/aromatic N) is 3. The molecule has 1 aromatic rings. The molecule has 4 nitrogen and oxygen atoms in total. The molecule has 102 valence electrons. The largest absolute Gasteiger partial charge is 0.370 e. The Morgan fingerprint density at radius 1 is 1.28 bits per heavy atom. The molecule has 0 aliphatic heterocycles. The minimum Gasteiger partial charge on any atom is -0.370 e. The van der Waals surface area contributed by atoms with Crippen LogP contribution in [0.2, 0.25) is 0 Å². The Morgan fingerprint density at radius 3 is 2.56 bits per heavy atom. The van der Waals surface area contributed by atoms with Crippen LogP contribution in [0.15, 0.2) is 18.5 Å². The van der Waals surface area contributed by atoms with Crippen LogP contribution in [0.5, 0.6) is 0 Å². The van der Waals surface area contributed by atoms with Crippen molar-refractivity contribution in [3.63, 3.8) is 0 Å². The first-order valence-electron chi connectivity index (χ1n) is 6.57. The molecule has 18 heavy (non-hydrogen) atoms. The van der Waals surface area contributed by atoms with E-state index >= 15 is 0 Å². The third kappa shape index (κ3) is 4.63. The van der Waals surface area contributed by atoms with Crippen molar-refractivity contribution < 1.29 is 0 Å². The second kappa shape index (κ2) is 7.34. The highest BCUT2D eigenvalue weighted by atomic mass is 15.2. The molecule has 0 saturated heterocycles. The van der Waals surface area contributed by atoms with Gasteiger partial charge in [0.1, 0.15) is 0 Å². The summed E-state index contributed by atoms with van der Waals surface area (Å²) in [7, 11) is 4.20. The number of pyridine rings is 1. The summed E-state index contributed by atoms with van der Waals surface area (Å²) in [6, 6.07) is 2.07. The first kappa shape index (κ1) is 14.9. The van der Waals surface area contributed by atoms with Gasteiger partial charge in [-0.3, -0.25) is 4.98 Å². The lowest BCUT2D eigenvalue weighted by Crippen LogP contribution is -2.35. The maximum absolute atomic E-state index is 5.80. The molecule has 0 atom stereocenters. The Labute approximate surface area is 111 Å². The minimum absolute atomic E-state index is 0.541. The van der Waals surface area contributed by atoms with E-state index in [2.05, 4.69) is 48.8 Å². The van der Waals surface area contributed by atoms with Crippen molar-refractivity contribution in [2.24, 2.45) is 11.7 Å². The van der Waals surface area contributed by atoms with Crippen LogP contribution in [0.1, 0.15) is 19.4 Å². The van der Waals surface area contributed by atoms with Gasteiger partial charge in [-0.15, -0.1) is 0 Å². The summed E-state index contributed by atoms with van der Waals surface area (Å²) in [4.78, 5) is 8.77. The Morgan fingerprint density at radius 2 is 2.00 bits per heavy atom. The molecule has 0 spiro atoms. The summed E-state index contributed by atoms with van der Waals surface area (Å²) in [6.07, 6.45) is 3.72. The molecule has 0 amide bonds. The van der Waals surface area contributed by atoms with Crippen LogP contribution in [0.25, 0.3) is 0 Å². The lowest BCUT2D eigenvalue weighted by atomic mass is 10.1. The van der Waals surface area contributed by atoms with Crippen LogP contribution < -0.4 is 10.6 Å². The van der Waals surface area contributed by atoms with Crippen LogP contribution in [0, 0.1) is 5.92 Å². The number of hydrogen-bond acceptors (Lipinski definition) is 4. The first-order valence-corrected chi connectivity index (χ1v) is 6.57. The van der Waals surface area contributed by atoms with E-state index in [1.54, 1.807) is 0 Å². The highest BCUT2D eigenvalue weighted by Gasteiger charge is 2.12. The van der Waals surface area contributed by atoms with Crippen LogP contribution in [0.3, 0.4) is 0 Å². The van der Waals surface area contributed by atoms with Crippen molar-refractivity contribution in [3.8, 4) is 0 Å². The number of nitrogens with two attached hydrogens (primary N) is 1. The van der Waals surface area contributed by atoms with Gasteiger partial charge in [0.2, 0.25) is 0 Å². The van der Waals surface area contributed by atoms with Crippen LogP contribution in [0.4, 0.5) is 5.69 Å².